The van der Waals surface area contributed by atoms with Gasteiger partial charge in [-0.2, -0.15) is 5.10 Å². The van der Waals surface area contributed by atoms with Crippen molar-refractivity contribution in [2.24, 2.45) is 0 Å². The van der Waals surface area contributed by atoms with Gasteiger partial charge in [-0.1, -0.05) is 29.3 Å². The number of benzene rings is 2. The van der Waals surface area contributed by atoms with Crippen molar-refractivity contribution in [3.63, 3.8) is 0 Å². The fraction of sp³-hybridized carbons (Fsp3) is 0.227. The summed E-state index contributed by atoms with van der Waals surface area (Å²) in [5.74, 6) is -1.19. The largest absolute Gasteiger partial charge is 0.348 e. The van der Waals surface area contributed by atoms with Crippen molar-refractivity contribution in [2.45, 2.75) is 32.9 Å². The normalized spacial score (nSPS) is 12.8. The number of carbonyl (C=O) groups is 2. The number of hydrogen-bond acceptors (Lipinski definition) is 3. The Hall–Kier alpha value is -2.90. The van der Waals surface area contributed by atoms with Gasteiger partial charge in [-0.3, -0.25) is 9.59 Å². The lowest BCUT2D eigenvalue weighted by molar-refractivity contribution is -0.123. The molecule has 0 spiro atoms. The van der Waals surface area contributed by atoms with Crippen LogP contribution in [0.2, 0.25) is 10.0 Å². The van der Waals surface area contributed by atoms with E-state index in [1.807, 2.05) is 13.8 Å². The SMILES string of the molecule is Cc1c(C(C)NC(=O)C(C)NC(=O)c2cccc(Cl)c2Cl)cnn1-c1ccc(F)cc1. The molecule has 3 rings (SSSR count). The van der Waals surface area contributed by atoms with Crippen LogP contribution in [0.1, 0.15) is 41.5 Å². The maximum Gasteiger partial charge on any atom is 0.253 e. The first-order chi connectivity index (χ1) is 14.7. The fourth-order valence-electron chi connectivity index (χ4n) is 3.13. The summed E-state index contributed by atoms with van der Waals surface area (Å²) in [4.78, 5) is 25.1. The van der Waals surface area contributed by atoms with Gasteiger partial charge < -0.3 is 10.6 Å². The molecule has 2 amide bonds. The first-order valence-electron chi connectivity index (χ1n) is 9.54. The molecule has 0 fully saturated rings. The summed E-state index contributed by atoms with van der Waals surface area (Å²) < 4.78 is 14.8. The predicted molar refractivity (Wildman–Crippen MR) is 118 cm³/mol. The van der Waals surface area contributed by atoms with E-state index in [0.717, 1.165) is 11.3 Å². The highest BCUT2D eigenvalue weighted by Crippen LogP contribution is 2.25. The van der Waals surface area contributed by atoms with Crippen LogP contribution < -0.4 is 10.6 Å². The number of hydrogen-bond donors (Lipinski definition) is 2. The molecular weight excluding hydrogens is 442 g/mol. The second-order valence-corrected chi connectivity index (χ2v) is 7.89. The van der Waals surface area contributed by atoms with Crippen LogP contribution in [-0.2, 0) is 4.79 Å². The third kappa shape index (κ3) is 5.06. The molecule has 2 aromatic carbocycles. The van der Waals surface area contributed by atoms with Crippen molar-refractivity contribution in [3.8, 4) is 5.69 Å². The molecule has 0 bridgehead atoms. The Kier molecular flexibility index (Phi) is 6.97. The number of carbonyl (C=O) groups excluding carboxylic acids is 2. The van der Waals surface area contributed by atoms with Gasteiger partial charge in [0.2, 0.25) is 5.91 Å². The van der Waals surface area contributed by atoms with Gasteiger partial charge in [0.05, 0.1) is 33.5 Å². The molecule has 3 aromatic rings. The fourth-order valence-corrected chi connectivity index (χ4v) is 3.51. The third-order valence-electron chi connectivity index (χ3n) is 4.88. The van der Waals surface area contributed by atoms with E-state index < -0.39 is 11.9 Å². The van der Waals surface area contributed by atoms with Crippen LogP contribution in [0, 0.1) is 12.7 Å². The molecule has 2 atom stereocenters. The van der Waals surface area contributed by atoms with Crippen LogP contribution in [0.25, 0.3) is 5.69 Å². The minimum atomic E-state index is -0.808. The molecule has 31 heavy (non-hydrogen) atoms. The average molecular weight is 463 g/mol. The van der Waals surface area contributed by atoms with E-state index in [2.05, 4.69) is 15.7 Å². The first-order valence-corrected chi connectivity index (χ1v) is 10.3. The van der Waals surface area contributed by atoms with E-state index in [4.69, 9.17) is 23.2 Å². The minimum Gasteiger partial charge on any atom is -0.348 e. The molecular formula is C22H21Cl2FN4O2. The van der Waals surface area contributed by atoms with Gasteiger partial charge in [0.1, 0.15) is 11.9 Å². The van der Waals surface area contributed by atoms with Crippen LogP contribution >= 0.6 is 23.2 Å². The van der Waals surface area contributed by atoms with Gasteiger partial charge >= 0.3 is 0 Å². The molecule has 0 saturated heterocycles. The molecule has 1 aromatic heterocycles. The Bertz CT molecular complexity index is 1120. The lowest BCUT2D eigenvalue weighted by Crippen LogP contribution is -2.45. The van der Waals surface area contributed by atoms with E-state index in [0.29, 0.717) is 5.69 Å². The first kappa shape index (κ1) is 22.8. The van der Waals surface area contributed by atoms with Crippen LogP contribution in [0.4, 0.5) is 4.39 Å². The number of nitrogens with one attached hydrogen (secondary N) is 2. The molecule has 0 radical (unpaired) electrons. The van der Waals surface area contributed by atoms with E-state index in [9.17, 15) is 14.0 Å². The highest BCUT2D eigenvalue weighted by atomic mass is 35.5. The standard InChI is InChI=1S/C22H21Cl2FN4O2/c1-12(18-11-26-29(14(18)3)16-9-7-15(25)8-10-16)27-21(30)13(2)28-22(31)17-5-4-6-19(23)20(17)24/h4-13H,1-3H3,(H,27,30)(H,28,31). The van der Waals surface area contributed by atoms with Gasteiger partial charge in [0.15, 0.2) is 0 Å². The Morgan fingerprint density at radius 3 is 2.42 bits per heavy atom. The van der Waals surface area contributed by atoms with Crippen molar-refractivity contribution in [2.75, 3.05) is 0 Å². The molecule has 9 heteroatoms. The maximum absolute atomic E-state index is 13.2. The van der Waals surface area contributed by atoms with Crippen molar-refractivity contribution in [1.29, 1.82) is 0 Å². The van der Waals surface area contributed by atoms with Gasteiger partial charge in [0, 0.05) is 11.3 Å². The topological polar surface area (TPSA) is 76.0 Å². The second-order valence-electron chi connectivity index (χ2n) is 7.10. The molecule has 1 heterocycles. The smallest absolute Gasteiger partial charge is 0.253 e. The minimum absolute atomic E-state index is 0.131. The van der Waals surface area contributed by atoms with Crippen molar-refractivity contribution >= 4 is 35.0 Å². The van der Waals surface area contributed by atoms with Gasteiger partial charge in [-0.15, -0.1) is 0 Å². The van der Waals surface area contributed by atoms with Gasteiger partial charge in [-0.25, -0.2) is 9.07 Å². The van der Waals surface area contributed by atoms with Crippen LogP contribution in [0.5, 0.6) is 0 Å². The van der Waals surface area contributed by atoms with Gasteiger partial charge in [-0.05, 0) is 57.2 Å². The monoisotopic (exact) mass is 462 g/mol. The molecule has 0 aliphatic heterocycles. The van der Waals surface area contributed by atoms with E-state index in [1.165, 1.54) is 18.2 Å². The summed E-state index contributed by atoms with van der Waals surface area (Å²) in [7, 11) is 0. The Morgan fingerprint density at radius 2 is 1.74 bits per heavy atom. The highest BCUT2D eigenvalue weighted by Gasteiger charge is 2.22. The Morgan fingerprint density at radius 1 is 1.06 bits per heavy atom. The van der Waals surface area contributed by atoms with Crippen LogP contribution in [-0.4, -0.2) is 27.6 Å². The summed E-state index contributed by atoms with van der Waals surface area (Å²) in [6, 6.07) is 9.51. The van der Waals surface area contributed by atoms with Crippen molar-refractivity contribution in [1.82, 2.24) is 20.4 Å². The Labute approximate surface area is 189 Å². The van der Waals surface area contributed by atoms with E-state index in [-0.39, 0.29) is 33.4 Å². The molecule has 2 N–H and O–H groups in total. The number of aromatic nitrogens is 2. The van der Waals surface area contributed by atoms with Crippen LogP contribution in [0.3, 0.4) is 0 Å². The summed E-state index contributed by atoms with van der Waals surface area (Å²) in [6.07, 6.45) is 1.65. The molecule has 0 aliphatic carbocycles. The molecule has 162 valence electrons. The van der Waals surface area contributed by atoms with E-state index in [1.54, 1.807) is 42.1 Å². The van der Waals surface area contributed by atoms with E-state index >= 15 is 0 Å². The lowest BCUT2D eigenvalue weighted by atomic mass is 10.1. The molecule has 6 nitrogen and oxygen atoms in total. The number of halogens is 3. The maximum atomic E-state index is 13.2. The second kappa shape index (κ2) is 9.49. The summed E-state index contributed by atoms with van der Waals surface area (Å²) >= 11 is 12.0. The molecule has 0 aliphatic rings. The molecule has 2 unspecified atom stereocenters. The molecule has 0 saturated carbocycles. The number of rotatable bonds is 6. The predicted octanol–water partition coefficient (Wildman–Crippen LogP) is 4.62. The highest BCUT2D eigenvalue weighted by molar-refractivity contribution is 6.43. The Balaban J connectivity index is 1.67. The van der Waals surface area contributed by atoms with Gasteiger partial charge in [0.25, 0.3) is 5.91 Å². The quantitative estimate of drug-likeness (QED) is 0.560. The van der Waals surface area contributed by atoms with Crippen LogP contribution in [0.15, 0.2) is 48.7 Å². The summed E-state index contributed by atoms with van der Waals surface area (Å²) in [5.41, 5.74) is 2.51. The van der Waals surface area contributed by atoms with Crippen molar-refractivity contribution < 1.29 is 14.0 Å². The zero-order valence-electron chi connectivity index (χ0n) is 17.1. The zero-order valence-corrected chi connectivity index (χ0v) is 18.6. The lowest BCUT2D eigenvalue weighted by Gasteiger charge is -2.19. The summed E-state index contributed by atoms with van der Waals surface area (Å²) in [6.45, 7) is 5.26. The van der Waals surface area contributed by atoms with Crippen molar-refractivity contribution in [3.05, 3.63) is 81.3 Å². The zero-order chi connectivity index (χ0) is 22.7. The third-order valence-corrected chi connectivity index (χ3v) is 5.70. The summed E-state index contributed by atoms with van der Waals surface area (Å²) in [5, 5.41) is 10.2. The average Bonchev–Trinajstić information content (AvgIpc) is 3.11. The number of nitrogens with zero attached hydrogens (tertiary/aromatic N) is 2. The number of amides is 2.